The van der Waals surface area contributed by atoms with E-state index in [1.165, 1.54) is 18.3 Å². The molecule has 0 saturated heterocycles. The van der Waals surface area contributed by atoms with Crippen molar-refractivity contribution in [1.82, 2.24) is 15.0 Å². The number of aromatic carboxylic acids is 1. The van der Waals surface area contributed by atoms with Crippen LogP contribution in [0.1, 0.15) is 15.9 Å². The van der Waals surface area contributed by atoms with Crippen LogP contribution in [-0.2, 0) is 6.54 Å². The minimum Gasteiger partial charge on any atom is -0.478 e. The van der Waals surface area contributed by atoms with Crippen LogP contribution in [0, 0.1) is 0 Å². The molecule has 1 N–H and O–H groups in total. The molecule has 2 aromatic heterocycles. The summed E-state index contributed by atoms with van der Waals surface area (Å²) in [5.74, 6) is -0.479. The maximum absolute atomic E-state index is 11.1. The fourth-order valence-corrected chi connectivity index (χ4v) is 2.44. The summed E-state index contributed by atoms with van der Waals surface area (Å²) < 4.78 is 0. The number of halogens is 1. The predicted molar refractivity (Wildman–Crippen MR) is 95.8 cm³/mol. The van der Waals surface area contributed by atoms with E-state index in [2.05, 4.69) is 15.0 Å². The number of anilines is 1. The number of nitrogens with zero attached hydrogens (tertiary/aromatic N) is 4. The monoisotopic (exact) mass is 354 g/mol. The molecular weight excluding hydrogens is 340 g/mol. The zero-order valence-electron chi connectivity index (χ0n) is 13.4. The van der Waals surface area contributed by atoms with Crippen molar-refractivity contribution in [2.45, 2.75) is 6.54 Å². The number of carboxylic acid groups (broad SMARTS) is 1. The third-order valence-corrected chi connectivity index (χ3v) is 3.84. The van der Waals surface area contributed by atoms with Gasteiger partial charge in [0.2, 0.25) is 5.95 Å². The lowest BCUT2D eigenvalue weighted by Gasteiger charge is -2.17. The second-order valence-corrected chi connectivity index (χ2v) is 5.90. The summed E-state index contributed by atoms with van der Waals surface area (Å²) in [4.78, 5) is 26.0. The maximum Gasteiger partial charge on any atom is 0.335 e. The average molecular weight is 355 g/mol. The quantitative estimate of drug-likeness (QED) is 0.755. The third-order valence-electron chi connectivity index (χ3n) is 3.59. The summed E-state index contributed by atoms with van der Waals surface area (Å²) in [5, 5.41) is 9.79. The zero-order valence-corrected chi connectivity index (χ0v) is 14.2. The molecule has 2 heterocycles. The summed E-state index contributed by atoms with van der Waals surface area (Å²) in [6.07, 6.45) is 3.09. The predicted octanol–water partition coefficient (Wildman–Crippen LogP) is 3.53. The number of pyridine rings is 1. The molecule has 7 heteroatoms. The van der Waals surface area contributed by atoms with Crippen LogP contribution in [0.4, 0.5) is 5.95 Å². The first-order chi connectivity index (χ1) is 12.0. The van der Waals surface area contributed by atoms with Crippen LogP contribution in [0.5, 0.6) is 0 Å². The normalized spacial score (nSPS) is 10.5. The molecule has 0 amide bonds. The number of benzene rings is 1. The van der Waals surface area contributed by atoms with Crippen LogP contribution in [0.25, 0.3) is 11.4 Å². The molecule has 0 bridgehead atoms. The van der Waals surface area contributed by atoms with Crippen molar-refractivity contribution in [1.29, 1.82) is 0 Å². The number of carbonyl (C=O) groups is 1. The fraction of sp³-hybridized carbons (Fsp3) is 0.111. The van der Waals surface area contributed by atoms with E-state index in [0.717, 1.165) is 5.56 Å². The Bertz CT molecular complexity index is 900. The van der Waals surface area contributed by atoms with E-state index in [0.29, 0.717) is 28.9 Å². The zero-order chi connectivity index (χ0) is 17.8. The molecular formula is C18H15ClN4O2. The first-order valence-electron chi connectivity index (χ1n) is 7.51. The van der Waals surface area contributed by atoms with Gasteiger partial charge in [-0.3, -0.25) is 4.98 Å². The van der Waals surface area contributed by atoms with Crippen molar-refractivity contribution in [3.05, 3.63) is 71.0 Å². The number of aromatic nitrogens is 3. The lowest BCUT2D eigenvalue weighted by molar-refractivity contribution is 0.0697. The summed E-state index contributed by atoms with van der Waals surface area (Å²) in [6, 6.07) is 12.2. The van der Waals surface area contributed by atoms with Gasteiger partial charge in [0.25, 0.3) is 0 Å². The fourth-order valence-electron chi connectivity index (χ4n) is 2.31. The van der Waals surface area contributed by atoms with E-state index in [-0.39, 0.29) is 5.56 Å². The first-order valence-corrected chi connectivity index (χ1v) is 7.89. The Kier molecular flexibility index (Phi) is 4.90. The standard InChI is InChI=1S/C18H15ClN4O2/c1-23(11-12-2-4-14(19)5-3-12)18-21-9-7-15(22-18)16-10-13(17(24)25)6-8-20-16/h2-10H,11H2,1H3,(H,24,25). The van der Waals surface area contributed by atoms with Crippen molar-refractivity contribution in [3.8, 4) is 11.4 Å². The van der Waals surface area contributed by atoms with Crippen LogP contribution in [0.2, 0.25) is 5.02 Å². The van der Waals surface area contributed by atoms with Gasteiger partial charge in [-0.1, -0.05) is 23.7 Å². The van der Waals surface area contributed by atoms with Gasteiger partial charge in [-0.2, -0.15) is 0 Å². The number of hydrogen-bond donors (Lipinski definition) is 1. The van der Waals surface area contributed by atoms with Gasteiger partial charge in [0.1, 0.15) is 0 Å². The highest BCUT2D eigenvalue weighted by molar-refractivity contribution is 6.30. The van der Waals surface area contributed by atoms with Gasteiger partial charge in [0.15, 0.2) is 0 Å². The molecule has 0 atom stereocenters. The molecule has 0 fully saturated rings. The Labute approximate surface area is 149 Å². The highest BCUT2D eigenvalue weighted by atomic mass is 35.5. The van der Waals surface area contributed by atoms with E-state index < -0.39 is 5.97 Å². The Morgan fingerprint density at radius 1 is 1.08 bits per heavy atom. The maximum atomic E-state index is 11.1. The van der Waals surface area contributed by atoms with E-state index in [4.69, 9.17) is 16.7 Å². The first kappa shape index (κ1) is 16.9. The molecule has 0 radical (unpaired) electrons. The molecule has 6 nitrogen and oxygen atoms in total. The van der Waals surface area contributed by atoms with Crippen LogP contribution in [0.15, 0.2) is 54.9 Å². The van der Waals surface area contributed by atoms with Crippen molar-refractivity contribution in [3.63, 3.8) is 0 Å². The molecule has 1 aromatic carbocycles. The second-order valence-electron chi connectivity index (χ2n) is 5.46. The molecule has 3 rings (SSSR count). The summed E-state index contributed by atoms with van der Waals surface area (Å²) in [5.41, 5.74) is 2.30. The number of hydrogen-bond acceptors (Lipinski definition) is 5. The molecule has 0 aliphatic carbocycles. The number of rotatable bonds is 5. The highest BCUT2D eigenvalue weighted by Crippen LogP contribution is 2.19. The van der Waals surface area contributed by atoms with Gasteiger partial charge in [-0.15, -0.1) is 0 Å². The number of carboxylic acids is 1. The topological polar surface area (TPSA) is 79.2 Å². The van der Waals surface area contributed by atoms with Crippen LogP contribution in [-0.4, -0.2) is 33.1 Å². The largest absolute Gasteiger partial charge is 0.478 e. The van der Waals surface area contributed by atoms with Gasteiger partial charge in [-0.25, -0.2) is 14.8 Å². The van der Waals surface area contributed by atoms with Crippen molar-refractivity contribution in [2.24, 2.45) is 0 Å². The van der Waals surface area contributed by atoms with Crippen molar-refractivity contribution < 1.29 is 9.90 Å². The minimum absolute atomic E-state index is 0.166. The summed E-state index contributed by atoms with van der Waals surface area (Å²) in [7, 11) is 1.88. The Hall–Kier alpha value is -2.99. The van der Waals surface area contributed by atoms with Gasteiger partial charge >= 0.3 is 5.97 Å². The van der Waals surface area contributed by atoms with Gasteiger partial charge in [-0.05, 0) is 35.9 Å². The molecule has 0 aliphatic heterocycles. The smallest absolute Gasteiger partial charge is 0.335 e. The average Bonchev–Trinajstić information content (AvgIpc) is 2.64. The Morgan fingerprint density at radius 2 is 1.80 bits per heavy atom. The second kappa shape index (κ2) is 7.27. The van der Waals surface area contributed by atoms with Crippen LogP contribution >= 0.6 is 11.6 Å². The Morgan fingerprint density at radius 3 is 2.52 bits per heavy atom. The molecule has 0 saturated carbocycles. The molecule has 0 spiro atoms. The van der Waals surface area contributed by atoms with E-state index in [9.17, 15) is 4.79 Å². The molecule has 0 unspecified atom stereocenters. The molecule has 3 aromatic rings. The van der Waals surface area contributed by atoms with Gasteiger partial charge < -0.3 is 10.0 Å². The van der Waals surface area contributed by atoms with Crippen LogP contribution < -0.4 is 4.90 Å². The minimum atomic E-state index is -1.00. The van der Waals surface area contributed by atoms with Crippen molar-refractivity contribution in [2.75, 3.05) is 11.9 Å². The lowest BCUT2D eigenvalue weighted by Crippen LogP contribution is -2.19. The van der Waals surface area contributed by atoms with Gasteiger partial charge in [0, 0.05) is 31.0 Å². The van der Waals surface area contributed by atoms with Crippen molar-refractivity contribution >= 4 is 23.5 Å². The van der Waals surface area contributed by atoms with E-state index in [1.54, 1.807) is 12.3 Å². The van der Waals surface area contributed by atoms with E-state index in [1.807, 2.05) is 36.2 Å². The van der Waals surface area contributed by atoms with Gasteiger partial charge in [0.05, 0.1) is 17.0 Å². The third kappa shape index (κ3) is 4.10. The summed E-state index contributed by atoms with van der Waals surface area (Å²) >= 11 is 5.90. The summed E-state index contributed by atoms with van der Waals surface area (Å²) in [6.45, 7) is 0.614. The lowest BCUT2D eigenvalue weighted by atomic mass is 10.2. The molecule has 0 aliphatic rings. The molecule has 25 heavy (non-hydrogen) atoms. The van der Waals surface area contributed by atoms with E-state index >= 15 is 0 Å². The van der Waals surface area contributed by atoms with Crippen LogP contribution in [0.3, 0.4) is 0 Å². The Balaban J connectivity index is 1.84. The molecule has 126 valence electrons. The highest BCUT2D eigenvalue weighted by Gasteiger charge is 2.10. The SMILES string of the molecule is CN(Cc1ccc(Cl)cc1)c1nccc(-c2cc(C(=O)O)ccn2)n1.